The lowest BCUT2D eigenvalue weighted by molar-refractivity contribution is -0.117. The minimum Gasteiger partial charge on any atom is -0.467 e. The van der Waals surface area contributed by atoms with Gasteiger partial charge in [0.15, 0.2) is 11.0 Å². The van der Waals surface area contributed by atoms with E-state index in [0.717, 1.165) is 11.3 Å². The zero-order valence-electron chi connectivity index (χ0n) is 15.9. The first-order chi connectivity index (χ1) is 13.9. The quantitative estimate of drug-likeness (QED) is 0.552. The van der Waals surface area contributed by atoms with Gasteiger partial charge in [0.1, 0.15) is 5.76 Å². The molecule has 0 atom stereocenters. The Labute approximate surface area is 177 Å². The van der Waals surface area contributed by atoms with E-state index in [9.17, 15) is 9.59 Å². The summed E-state index contributed by atoms with van der Waals surface area (Å²) in [5.41, 5.74) is 0.834. The van der Waals surface area contributed by atoms with Gasteiger partial charge in [0.2, 0.25) is 5.91 Å². The van der Waals surface area contributed by atoms with Gasteiger partial charge in [-0.1, -0.05) is 23.4 Å². The molecule has 10 heteroatoms. The summed E-state index contributed by atoms with van der Waals surface area (Å²) in [5, 5.41) is 14.5. The van der Waals surface area contributed by atoms with Crippen LogP contribution in [0.25, 0.3) is 11.4 Å². The highest BCUT2D eigenvalue weighted by Gasteiger charge is 2.18. The Bertz CT molecular complexity index is 970. The van der Waals surface area contributed by atoms with Gasteiger partial charge < -0.3 is 9.73 Å². The fraction of sp³-hybridized carbons (Fsp3) is 0.263. The first kappa shape index (κ1) is 20.9. The predicted molar refractivity (Wildman–Crippen MR) is 111 cm³/mol. The fourth-order valence-electron chi connectivity index (χ4n) is 2.50. The molecule has 0 saturated carbocycles. The maximum Gasteiger partial charge on any atom is 0.321 e. The molecule has 1 aromatic carbocycles. The molecule has 0 aliphatic rings. The number of urea groups is 1. The Morgan fingerprint density at radius 3 is 2.62 bits per heavy atom. The largest absolute Gasteiger partial charge is 0.467 e. The number of hydrogen-bond donors (Lipinski definition) is 2. The second-order valence-electron chi connectivity index (χ2n) is 6.44. The summed E-state index contributed by atoms with van der Waals surface area (Å²) in [4.78, 5) is 23.7. The average molecular weight is 434 g/mol. The van der Waals surface area contributed by atoms with Crippen LogP contribution in [0, 0.1) is 0 Å². The van der Waals surface area contributed by atoms with E-state index in [1.54, 1.807) is 24.5 Å². The lowest BCUT2D eigenvalue weighted by Crippen LogP contribution is -2.43. The highest BCUT2D eigenvalue weighted by atomic mass is 35.5. The number of amides is 3. The lowest BCUT2D eigenvalue weighted by atomic mass is 10.2. The van der Waals surface area contributed by atoms with Crippen LogP contribution in [0.3, 0.4) is 0 Å². The van der Waals surface area contributed by atoms with E-state index in [-0.39, 0.29) is 11.8 Å². The van der Waals surface area contributed by atoms with Crippen molar-refractivity contribution < 1.29 is 14.0 Å². The molecule has 0 fully saturated rings. The highest BCUT2D eigenvalue weighted by Crippen LogP contribution is 2.26. The molecule has 0 saturated heterocycles. The summed E-state index contributed by atoms with van der Waals surface area (Å²) in [5.74, 6) is 0.942. The SMILES string of the molecule is CC(C)NC(=O)NC(=O)CSc1nnc(-c2ccc(Cl)cc2)n1Cc1ccco1. The summed E-state index contributed by atoms with van der Waals surface area (Å²) >= 11 is 7.16. The monoisotopic (exact) mass is 433 g/mol. The maximum absolute atomic E-state index is 12.1. The molecular formula is C19H20ClN5O3S. The number of halogens is 1. The minimum absolute atomic E-state index is 0.0163. The molecule has 0 spiro atoms. The van der Waals surface area contributed by atoms with Crippen molar-refractivity contribution in [2.24, 2.45) is 0 Å². The van der Waals surface area contributed by atoms with Crippen molar-refractivity contribution in [3.63, 3.8) is 0 Å². The molecule has 0 unspecified atom stereocenters. The van der Waals surface area contributed by atoms with Crippen LogP contribution in [0.4, 0.5) is 4.79 Å². The van der Waals surface area contributed by atoms with Crippen LogP contribution in [-0.2, 0) is 11.3 Å². The Hall–Kier alpha value is -2.78. The minimum atomic E-state index is -0.524. The molecule has 2 aromatic heterocycles. The third kappa shape index (κ3) is 5.85. The van der Waals surface area contributed by atoms with Crippen molar-refractivity contribution in [3.8, 4) is 11.4 Å². The van der Waals surface area contributed by atoms with Gasteiger partial charge in [0, 0.05) is 16.6 Å². The van der Waals surface area contributed by atoms with E-state index in [0.29, 0.717) is 22.5 Å². The van der Waals surface area contributed by atoms with Gasteiger partial charge in [-0.15, -0.1) is 10.2 Å². The molecule has 0 bridgehead atoms. The molecule has 152 valence electrons. The average Bonchev–Trinajstić information content (AvgIpc) is 3.30. The van der Waals surface area contributed by atoms with Crippen LogP contribution in [0.2, 0.25) is 5.02 Å². The lowest BCUT2D eigenvalue weighted by Gasteiger charge is -2.10. The highest BCUT2D eigenvalue weighted by molar-refractivity contribution is 7.99. The molecular weight excluding hydrogens is 414 g/mol. The second-order valence-corrected chi connectivity index (χ2v) is 7.82. The molecule has 3 rings (SSSR count). The molecule has 3 amide bonds. The molecule has 0 radical (unpaired) electrons. The number of benzene rings is 1. The third-order valence-corrected chi connectivity index (χ3v) is 4.94. The molecule has 0 aliphatic carbocycles. The summed E-state index contributed by atoms with van der Waals surface area (Å²) in [7, 11) is 0. The molecule has 8 nitrogen and oxygen atoms in total. The molecule has 2 heterocycles. The second kappa shape index (κ2) is 9.62. The van der Waals surface area contributed by atoms with Crippen molar-refractivity contribution in [2.45, 2.75) is 31.6 Å². The Morgan fingerprint density at radius 1 is 1.21 bits per heavy atom. The zero-order valence-corrected chi connectivity index (χ0v) is 17.5. The number of carbonyl (C=O) groups excluding carboxylic acids is 2. The predicted octanol–water partition coefficient (Wildman–Crippen LogP) is 3.57. The van der Waals surface area contributed by atoms with E-state index < -0.39 is 11.9 Å². The Kier molecular flexibility index (Phi) is 6.95. The summed E-state index contributed by atoms with van der Waals surface area (Å²) < 4.78 is 7.30. The number of imide groups is 1. The van der Waals surface area contributed by atoms with Crippen molar-refractivity contribution in [3.05, 3.63) is 53.4 Å². The fourth-order valence-corrected chi connectivity index (χ4v) is 3.36. The van der Waals surface area contributed by atoms with E-state index in [1.165, 1.54) is 11.8 Å². The number of nitrogens with one attached hydrogen (secondary N) is 2. The van der Waals surface area contributed by atoms with Crippen molar-refractivity contribution >= 4 is 35.3 Å². The molecule has 0 aliphatic heterocycles. The van der Waals surface area contributed by atoms with Gasteiger partial charge in [-0.2, -0.15) is 0 Å². The molecule has 3 aromatic rings. The normalized spacial score (nSPS) is 10.9. The number of hydrogen-bond acceptors (Lipinski definition) is 6. The zero-order chi connectivity index (χ0) is 20.8. The first-order valence-electron chi connectivity index (χ1n) is 8.87. The summed E-state index contributed by atoms with van der Waals surface area (Å²) in [6, 6.07) is 10.3. The van der Waals surface area contributed by atoms with Crippen molar-refractivity contribution in [1.82, 2.24) is 25.4 Å². The number of thioether (sulfide) groups is 1. The molecule has 29 heavy (non-hydrogen) atoms. The number of nitrogens with zero attached hydrogens (tertiary/aromatic N) is 3. The van der Waals surface area contributed by atoms with Crippen LogP contribution >= 0.6 is 23.4 Å². The molecule has 2 N–H and O–H groups in total. The first-order valence-corrected chi connectivity index (χ1v) is 10.2. The van der Waals surface area contributed by atoms with Crippen LogP contribution in [0.1, 0.15) is 19.6 Å². The summed E-state index contributed by atoms with van der Waals surface area (Å²) in [6.45, 7) is 4.03. The van der Waals surface area contributed by atoms with Crippen LogP contribution in [0.15, 0.2) is 52.2 Å². The number of aromatic nitrogens is 3. The van der Waals surface area contributed by atoms with Gasteiger partial charge in [-0.05, 0) is 50.2 Å². The number of furan rings is 1. The van der Waals surface area contributed by atoms with Crippen molar-refractivity contribution in [2.75, 3.05) is 5.75 Å². The van der Waals surface area contributed by atoms with E-state index in [4.69, 9.17) is 16.0 Å². The van der Waals surface area contributed by atoms with E-state index >= 15 is 0 Å². The van der Waals surface area contributed by atoms with Gasteiger partial charge in [-0.25, -0.2) is 4.79 Å². The van der Waals surface area contributed by atoms with Gasteiger partial charge in [0.25, 0.3) is 0 Å². The smallest absolute Gasteiger partial charge is 0.321 e. The van der Waals surface area contributed by atoms with Crippen molar-refractivity contribution in [1.29, 1.82) is 0 Å². The van der Waals surface area contributed by atoms with Gasteiger partial charge in [0.05, 0.1) is 18.6 Å². The van der Waals surface area contributed by atoms with Crippen LogP contribution in [0.5, 0.6) is 0 Å². The standard InChI is InChI=1S/C19H20ClN5O3S/c1-12(2)21-18(27)22-16(26)11-29-19-24-23-17(13-5-7-14(20)8-6-13)25(19)10-15-4-3-9-28-15/h3-9,12H,10-11H2,1-2H3,(H2,21,22,26,27). The maximum atomic E-state index is 12.1. The van der Waals surface area contributed by atoms with Crippen LogP contribution in [-0.4, -0.2) is 38.5 Å². The van der Waals surface area contributed by atoms with Crippen LogP contribution < -0.4 is 10.6 Å². The topological polar surface area (TPSA) is 102 Å². The van der Waals surface area contributed by atoms with Gasteiger partial charge >= 0.3 is 6.03 Å². The third-order valence-electron chi connectivity index (χ3n) is 3.72. The Morgan fingerprint density at radius 2 is 1.97 bits per heavy atom. The van der Waals surface area contributed by atoms with Gasteiger partial charge in [-0.3, -0.25) is 14.7 Å². The number of carbonyl (C=O) groups is 2. The number of rotatable bonds is 7. The Balaban J connectivity index is 1.76. The summed E-state index contributed by atoms with van der Waals surface area (Å²) in [6.07, 6.45) is 1.59. The van der Waals surface area contributed by atoms with E-state index in [2.05, 4.69) is 20.8 Å². The van der Waals surface area contributed by atoms with E-state index in [1.807, 2.05) is 36.6 Å².